The third-order valence-electron chi connectivity index (χ3n) is 14.0. The van der Waals surface area contributed by atoms with E-state index in [2.05, 4.69) is 30.7 Å². The quantitative estimate of drug-likeness (QED) is 0.0582. The zero-order valence-corrected chi connectivity index (χ0v) is 38.8. The fourth-order valence-corrected chi connectivity index (χ4v) is 11.4. The Hall–Kier alpha value is -3.76. The van der Waals surface area contributed by atoms with Crippen molar-refractivity contribution in [3.63, 3.8) is 0 Å². The molecule has 0 radical (unpaired) electrons. The summed E-state index contributed by atoms with van der Waals surface area (Å²) in [6.45, 7) is 2.94. The number of hydrogen-bond acceptors (Lipinski definition) is 12. The van der Waals surface area contributed by atoms with Crippen LogP contribution in [-0.2, 0) is 54.8 Å². The van der Waals surface area contributed by atoms with Crippen LogP contribution >= 0.6 is 0 Å². The molecule has 4 aliphatic rings. The molecule has 0 heterocycles. The zero-order chi connectivity index (χ0) is 46.4. The molecule has 0 saturated heterocycles. The minimum atomic E-state index is -3.61. The summed E-state index contributed by atoms with van der Waals surface area (Å²) in [7, 11) is -3.61. The average molecular weight is 916 g/mol. The highest BCUT2D eigenvalue weighted by atomic mass is 32.2. The van der Waals surface area contributed by atoms with Gasteiger partial charge >= 0.3 is 11.9 Å². The Labute approximate surface area is 379 Å². The van der Waals surface area contributed by atoms with Crippen LogP contribution in [-0.4, -0.2) is 102 Å². The Kier molecular flexibility index (Phi) is 19.8. The van der Waals surface area contributed by atoms with Gasteiger partial charge in [-0.05, 0) is 147 Å². The van der Waals surface area contributed by atoms with Crippen LogP contribution in [0.3, 0.4) is 0 Å². The highest BCUT2D eigenvalue weighted by molar-refractivity contribution is 7.89. The van der Waals surface area contributed by atoms with E-state index in [9.17, 15) is 43.2 Å². The summed E-state index contributed by atoms with van der Waals surface area (Å²) in [5.41, 5.74) is 4.45. The fourth-order valence-electron chi connectivity index (χ4n) is 10.9. The molecule has 2 aromatic rings. The third kappa shape index (κ3) is 15.1. The van der Waals surface area contributed by atoms with Gasteiger partial charge in [0, 0.05) is 0 Å². The first-order chi connectivity index (χ1) is 30.6. The second kappa shape index (κ2) is 24.7. The first-order valence-corrected chi connectivity index (χ1v) is 25.5. The maximum absolute atomic E-state index is 11.8. The molecule has 0 aromatic heterocycles. The summed E-state index contributed by atoms with van der Waals surface area (Å²) in [4.78, 5) is 34.0. The Bertz CT molecular complexity index is 1940. The lowest BCUT2D eigenvalue weighted by Gasteiger charge is -2.32. The van der Waals surface area contributed by atoms with E-state index in [-0.39, 0.29) is 49.5 Å². The summed E-state index contributed by atoms with van der Waals surface area (Å²) in [6.07, 6.45) is 15.9. The monoisotopic (exact) mass is 915 g/mol. The second-order valence-corrected chi connectivity index (χ2v) is 20.5. The predicted molar refractivity (Wildman–Crippen MR) is 241 cm³/mol. The minimum absolute atomic E-state index is 0.194. The normalized spacial score (nSPS) is 25.3. The van der Waals surface area contributed by atoms with E-state index in [1.54, 1.807) is 0 Å². The van der Waals surface area contributed by atoms with Gasteiger partial charge in [0.05, 0.1) is 30.7 Å². The SMILES string of the molecule is CCCCC[C@H](O)CC[C@@H]1[C@H]2Cc3cccc(OCC(=O)NS(C)(=O)=O)c3C[C@H]2C[C@H]1O.CCCCC[C@H](O)CC[C@@H]1[C@H]2Cc3cccc(OCC(=O)OCC(=O)O)c3C[C@H]2C[C@H]1O. The van der Waals surface area contributed by atoms with E-state index in [0.717, 1.165) is 139 Å². The van der Waals surface area contributed by atoms with Crippen molar-refractivity contribution in [3.05, 3.63) is 58.7 Å². The van der Waals surface area contributed by atoms with E-state index >= 15 is 0 Å². The van der Waals surface area contributed by atoms with Crippen molar-refractivity contribution >= 4 is 27.9 Å². The maximum Gasteiger partial charge on any atom is 0.344 e. The molecule has 0 unspecified atom stereocenters. The van der Waals surface area contributed by atoms with Gasteiger partial charge in [0.15, 0.2) is 19.8 Å². The number of carboxylic acids is 1. The number of amides is 1. The molecular formula is C49H73NO13S. The molecule has 0 bridgehead atoms. The van der Waals surface area contributed by atoms with Gasteiger partial charge in [-0.2, -0.15) is 0 Å². The molecule has 10 atom stereocenters. The standard InChI is InChI=1S/C25H36O7.C24H37NO6S/c1-2-3-4-7-18(26)9-10-19-20-11-16-6-5-8-23(21(16)12-17(20)13-22(19)27)31-15-25(30)32-14-24(28)29;1-3-4-5-8-18(26)10-11-19-20-12-16-7-6-9-23(21(16)13-17(20)14-22(19)27)31-15-24(28)25-32(2,29)30/h5-6,8,17-20,22,26-27H,2-4,7,9-15H2,1H3,(H,28,29);6-7,9,17-20,22,26-27H,3-5,8,10-15H2,1-2H3,(H,25,28)/t2*17-,18-,19+,20-,22+/m00/s1. The Morgan fingerprint density at radius 3 is 1.59 bits per heavy atom. The number of sulfonamides is 1. The van der Waals surface area contributed by atoms with Gasteiger partial charge in [0.1, 0.15) is 11.5 Å². The smallest absolute Gasteiger partial charge is 0.344 e. The van der Waals surface area contributed by atoms with E-state index in [0.29, 0.717) is 35.2 Å². The Balaban J connectivity index is 0.000000241. The zero-order valence-electron chi connectivity index (χ0n) is 38.0. The van der Waals surface area contributed by atoms with Crippen molar-refractivity contribution < 1.29 is 62.5 Å². The highest BCUT2D eigenvalue weighted by Gasteiger charge is 2.46. The number of esters is 1. The number of unbranched alkanes of at least 4 members (excludes halogenated alkanes) is 4. The van der Waals surface area contributed by atoms with Crippen molar-refractivity contribution in [3.8, 4) is 11.5 Å². The lowest BCUT2D eigenvalue weighted by Crippen LogP contribution is -2.33. The van der Waals surface area contributed by atoms with Crippen LogP contribution in [0.15, 0.2) is 36.4 Å². The number of hydrogen-bond donors (Lipinski definition) is 6. The molecule has 2 saturated carbocycles. The molecule has 4 aliphatic carbocycles. The van der Waals surface area contributed by atoms with Gasteiger partial charge < -0.3 is 39.7 Å². The first-order valence-electron chi connectivity index (χ1n) is 23.6. The fraction of sp³-hybridized carbons (Fsp3) is 0.694. The number of carbonyl (C=O) groups is 3. The van der Waals surface area contributed by atoms with Crippen LogP contribution in [0.5, 0.6) is 11.5 Å². The molecule has 358 valence electrons. The topological polar surface area (TPSA) is 226 Å². The van der Waals surface area contributed by atoms with E-state index < -0.39 is 34.5 Å². The molecule has 1 amide bonds. The van der Waals surface area contributed by atoms with Crippen molar-refractivity contribution in [2.75, 3.05) is 26.1 Å². The van der Waals surface area contributed by atoms with Gasteiger partial charge in [0.2, 0.25) is 10.0 Å². The highest BCUT2D eigenvalue weighted by Crippen LogP contribution is 2.50. The summed E-state index contributed by atoms with van der Waals surface area (Å²) in [5, 5.41) is 50.7. The summed E-state index contributed by atoms with van der Waals surface area (Å²) < 4.78 is 40.3. The van der Waals surface area contributed by atoms with Gasteiger partial charge in [-0.15, -0.1) is 0 Å². The van der Waals surface area contributed by atoms with Crippen LogP contribution in [0, 0.1) is 35.5 Å². The summed E-state index contributed by atoms with van der Waals surface area (Å²) >= 11 is 0. The van der Waals surface area contributed by atoms with Crippen molar-refractivity contribution in [2.45, 2.75) is 154 Å². The number of aliphatic hydroxyl groups is 4. The second-order valence-electron chi connectivity index (χ2n) is 18.8. The minimum Gasteiger partial charge on any atom is -0.483 e. The molecule has 15 heteroatoms. The van der Waals surface area contributed by atoms with Crippen LogP contribution in [0.1, 0.15) is 126 Å². The third-order valence-corrected chi connectivity index (χ3v) is 14.6. The average Bonchev–Trinajstić information content (AvgIpc) is 3.72. The number of aliphatic carboxylic acids is 1. The number of rotatable bonds is 23. The van der Waals surface area contributed by atoms with Gasteiger partial charge in [-0.1, -0.05) is 76.6 Å². The molecule has 0 spiro atoms. The number of benzene rings is 2. The maximum atomic E-state index is 11.8. The van der Waals surface area contributed by atoms with Gasteiger partial charge in [-0.3, -0.25) is 9.52 Å². The number of carbonyl (C=O) groups excluding carboxylic acids is 2. The molecule has 0 aliphatic heterocycles. The Morgan fingerprint density at radius 2 is 1.16 bits per heavy atom. The molecular weight excluding hydrogens is 843 g/mol. The van der Waals surface area contributed by atoms with E-state index in [4.69, 9.17) is 14.6 Å². The molecule has 6 N–H and O–H groups in total. The lowest BCUT2D eigenvalue weighted by molar-refractivity contribution is -0.156. The predicted octanol–water partition coefficient (Wildman–Crippen LogP) is 5.70. The molecule has 6 rings (SSSR count). The lowest BCUT2D eigenvalue weighted by atomic mass is 9.73. The van der Waals surface area contributed by atoms with E-state index in [1.165, 1.54) is 5.56 Å². The van der Waals surface area contributed by atoms with Crippen molar-refractivity contribution in [1.82, 2.24) is 4.72 Å². The first kappa shape index (κ1) is 51.2. The van der Waals surface area contributed by atoms with Crippen LogP contribution in [0.2, 0.25) is 0 Å². The summed E-state index contributed by atoms with van der Waals surface area (Å²) in [6, 6.07) is 11.6. The summed E-state index contributed by atoms with van der Waals surface area (Å²) in [5.74, 6) is 0.456. The van der Waals surface area contributed by atoms with Crippen LogP contribution in [0.25, 0.3) is 0 Å². The number of ether oxygens (including phenoxy) is 3. The number of aliphatic hydroxyl groups excluding tert-OH is 4. The Morgan fingerprint density at radius 1 is 0.688 bits per heavy atom. The van der Waals surface area contributed by atoms with Gasteiger partial charge in [-0.25, -0.2) is 18.0 Å². The molecule has 64 heavy (non-hydrogen) atoms. The van der Waals surface area contributed by atoms with Crippen molar-refractivity contribution in [1.29, 1.82) is 0 Å². The largest absolute Gasteiger partial charge is 0.483 e. The van der Waals surface area contributed by atoms with Crippen LogP contribution < -0.4 is 14.2 Å². The molecule has 2 aromatic carbocycles. The van der Waals surface area contributed by atoms with Crippen molar-refractivity contribution in [2.24, 2.45) is 35.5 Å². The molecule has 2 fully saturated rings. The molecule has 14 nitrogen and oxygen atoms in total. The number of nitrogens with one attached hydrogen (secondary N) is 1. The number of carboxylic acid groups (broad SMARTS) is 1. The van der Waals surface area contributed by atoms with Gasteiger partial charge in [0.25, 0.3) is 5.91 Å². The van der Waals surface area contributed by atoms with E-state index in [1.807, 2.05) is 29.0 Å². The van der Waals surface area contributed by atoms with Crippen LogP contribution in [0.4, 0.5) is 0 Å². The number of fused-ring (bicyclic) bond motifs is 4.